The van der Waals surface area contributed by atoms with Gasteiger partial charge in [-0.2, -0.15) is 0 Å². The van der Waals surface area contributed by atoms with Gasteiger partial charge in [-0.3, -0.25) is 0 Å². The molecule has 4 heteroatoms. The first-order chi connectivity index (χ1) is 9.24. The molecule has 1 aromatic carbocycles. The van der Waals surface area contributed by atoms with Crippen molar-refractivity contribution in [1.82, 2.24) is 5.32 Å². The van der Waals surface area contributed by atoms with E-state index in [1.165, 1.54) is 6.07 Å². The van der Waals surface area contributed by atoms with Gasteiger partial charge in [0.15, 0.2) is 0 Å². The van der Waals surface area contributed by atoms with Crippen molar-refractivity contribution < 1.29 is 9.13 Å². The molecule has 104 valence electrons. The SMILES string of the molecule is CCCNC(C1=COCCC1)c1c(F)cccc1Cl. The maximum Gasteiger partial charge on any atom is 0.129 e. The lowest BCUT2D eigenvalue weighted by atomic mass is 9.94. The van der Waals surface area contributed by atoms with Gasteiger partial charge in [0.2, 0.25) is 0 Å². The van der Waals surface area contributed by atoms with E-state index in [0.717, 1.165) is 38.0 Å². The molecule has 1 aliphatic heterocycles. The van der Waals surface area contributed by atoms with E-state index in [4.69, 9.17) is 16.3 Å². The van der Waals surface area contributed by atoms with Gasteiger partial charge in [-0.05, 0) is 43.5 Å². The Kier molecular flexibility index (Phi) is 5.23. The summed E-state index contributed by atoms with van der Waals surface area (Å²) in [6.45, 7) is 3.63. The highest BCUT2D eigenvalue weighted by atomic mass is 35.5. The Morgan fingerprint density at radius 2 is 2.32 bits per heavy atom. The van der Waals surface area contributed by atoms with Crippen molar-refractivity contribution in [3.63, 3.8) is 0 Å². The number of rotatable bonds is 5. The fourth-order valence-corrected chi connectivity index (χ4v) is 2.56. The highest BCUT2D eigenvalue weighted by Crippen LogP contribution is 2.33. The van der Waals surface area contributed by atoms with Gasteiger partial charge in [0.25, 0.3) is 0 Å². The van der Waals surface area contributed by atoms with Crippen molar-refractivity contribution in [1.29, 1.82) is 0 Å². The minimum absolute atomic E-state index is 0.200. The molecule has 1 atom stereocenters. The lowest BCUT2D eigenvalue weighted by Gasteiger charge is -2.25. The Morgan fingerprint density at radius 3 is 2.95 bits per heavy atom. The van der Waals surface area contributed by atoms with Gasteiger partial charge in [-0.15, -0.1) is 0 Å². The van der Waals surface area contributed by atoms with Crippen LogP contribution in [0.3, 0.4) is 0 Å². The molecule has 0 fully saturated rings. The minimum Gasteiger partial charge on any atom is -0.501 e. The molecule has 19 heavy (non-hydrogen) atoms. The van der Waals surface area contributed by atoms with Crippen molar-refractivity contribution in [2.45, 2.75) is 32.2 Å². The fraction of sp³-hybridized carbons (Fsp3) is 0.467. The average Bonchev–Trinajstić information content (AvgIpc) is 2.43. The summed E-state index contributed by atoms with van der Waals surface area (Å²) >= 11 is 6.17. The lowest BCUT2D eigenvalue weighted by molar-refractivity contribution is 0.219. The molecule has 0 aromatic heterocycles. The molecule has 0 saturated carbocycles. The Bertz CT molecular complexity index is 441. The third kappa shape index (κ3) is 3.48. The van der Waals surface area contributed by atoms with E-state index in [-0.39, 0.29) is 11.9 Å². The van der Waals surface area contributed by atoms with Crippen LogP contribution in [0.15, 0.2) is 30.0 Å². The molecule has 1 aliphatic rings. The normalized spacial score (nSPS) is 16.7. The summed E-state index contributed by atoms with van der Waals surface area (Å²) < 4.78 is 19.5. The molecule has 0 radical (unpaired) electrons. The second kappa shape index (κ2) is 6.92. The van der Waals surface area contributed by atoms with Crippen LogP contribution in [-0.4, -0.2) is 13.2 Å². The monoisotopic (exact) mass is 283 g/mol. The smallest absolute Gasteiger partial charge is 0.129 e. The summed E-state index contributed by atoms with van der Waals surface area (Å²) in [6, 6.07) is 4.61. The molecule has 1 unspecified atom stereocenters. The van der Waals surface area contributed by atoms with Crippen LogP contribution >= 0.6 is 11.6 Å². The zero-order valence-electron chi connectivity index (χ0n) is 11.1. The van der Waals surface area contributed by atoms with Crippen LogP contribution in [0.4, 0.5) is 4.39 Å². The number of ether oxygens (including phenoxy) is 1. The molecular formula is C15H19ClFNO. The number of hydrogen-bond donors (Lipinski definition) is 1. The van der Waals surface area contributed by atoms with Gasteiger partial charge < -0.3 is 10.1 Å². The molecule has 0 amide bonds. The molecule has 2 rings (SSSR count). The second-order valence-corrected chi connectivity index (χ2v) is 5.10. The van der Waals surface area contributed by atoms with E-state index < -0.39 is 0 Å². The average molecular weight is 284 g/mol. The van der Waals surface area contributed by atoms with Crippen LogP contribution in [-0.2, 0) is 4.74 Å². The summed E-state index contributed by atoms with van der Waals surface area (Å²) in [4.78, 5) is 0. The largest absolute Gasteiger partial charge is 0.501 e. The summed E-state index contributed by atoms with van der Waals surface area (Å²) in [5.41, 5.74) is 1.58. The zero-order valence-corrected chi connectivity index (χ0v) is 11.8. The lowest BCUT2D eigenvalue weighted by Crippen LogP contribution is -2.26. The Balaban J connectivity index is 2.33. The third-order valence-corrected chi connectivity index (χ3v) is 3.55. The molecular weight excluding hydrogens is 265 g/mol. The van der Waals surface area contributed by atoms with E-state index >= 15 is 0 Å². The number of nitrogens with one attached hydrogen (secondary N) is 1. The van der Waals surface area contributed by atoms with Crippen LogP contribution in [0, 0.1) is 5.82 Å². The van der Waals surface area contributed by atoms with Gasteiger partial charge >= 0.3 is 0 Å². The molecule has 0 aliphatic carbocycles. The van der Waals surface area contributed by atoms with E-state index in [0.29, 0.717) is 10.6 Å². The first-order valence-electron chi connectivity index (χ1n) is 6.72. The van der Waals surface area contributed by atoms with E-state index in [1.807, 2.05) is 0 Å². The Labute approximate surface area is 118 Å². The highest BCUT2D eigenvalue weighted by molar-refractivity contribution is 6.31. The minimum atomic E-state index is -0.271. The van der Waals surface area contributed by atoms with Crippen molar-refractivity contribution in [2.75, 3.05) is 13.2 Å². The van der Waals surface area contributed by atoms with Crippen LogP contribution in [0.1, 0.15) is 37.8 Å². The number of hydrogen-bond acceptors (Lipinski definition) is 2. The summed E-state index contributed by atoms with van der Waals surface area (Å²) in [6.07, 6.45) is 4.60. The fourth-order valence-electron chi connectivity index (χ4n) is 2.29. The third-order valence-electron chi connectivity index (χ3n) is 3.22. The highest BCUT2D eigenvalue weighted by Gasteiger charge is 2.23. The van der Waals surface area contributed by atoms with Gasteiger partial charge in [-0.25, -0.2) is 4.39 Å². The van der Waals surface area contributed by atoms with Crippen molar-refractivity contribution in [2.24, 2.45) is 0 Å². The molecule has 0 spiro atoms. The molecule has 2 nitrogen and oxygen atoms in total. The predicted molar refractivity (Wildman–Crippen MR) is 75.7 cm³/mol. The van der Waals surface area contributed by atoms with Gasteiger partial charge in [0.1, 0.15) is 5.82 Å². The predicted octanol–water partition coefficient (Wildman–Crippen LogP) is 4.21. The van der Waals surface area contributed by atoms with Crippen LogP contribution in [0.5, 0.6) is 0 Å². The molecule has 0 saturated heterocycles. The van der Waals surface area contributed by atoms with E-state index in [9.17, 15) is 4.39 Å². The van der Waals surface area contributed by atoms with E-state index in [1.54, 1.807) is 18.4 Å². The van der Waals surface area contributed by atoms with E-state index in [2.05, 4.69) is 12.2 Å². The second-order valence-electron chi connectivity index (χ2n) is 4.69. The van der Waals surface area contributed by atoms with Crippen LogP contribution in [0.2, 0.25) is 5.02 Å². The first kappa shape index (κ1) is 14.4. The zero-order chi connectivity index (χ0) is 13.7. The maximum atomic E-state index is 14.1. The molecule has 0 bridgehead atoms. The Hall–Kier alpha value is -1.06. The first-order valence-corrected chi connectivity index (χ1v) is 7.09. The molecule has 1 N–H and O–H groups in total. The number of halogens is 2. The Morgan fingerprint density at radius 1 is 1.47 bits per heavy atom. The standard InChI is InChI=1S/C15H19ClFNO/c1-2-8-18-15(11-5-4-9-19-10-11)14-12(16)6-3-7-13(14)17/h3,6-7,10,15,18H,2,4-5,8-9H2,1H3. The molecule has 1 aromatic rings. The van der Waals surface area contributed by atoms with Gasteiger partial charge in [-0.1, -0.05) is 24.6 Å². The van der Waals surface area contributed by atoms with Crippen molar-refractivity contribution in [3.05, 3.63) is 46.4 Å². The summed E-state index contributed by atoms with van der Waals surface area (Å²) in [5, 5.41) is 3.82. The van der Waals surface area contributed by atoms with Gasteiger partial charge in [0, 0.05) is 10.6 Å². The van der Waals surface area contributed by atoms with Crippen LogP contribution < -0.4 is 5.32 Å². The van der Waals surface area contributed by atoms with Gasteiger partial charge in [0.05, 0.1) is 18.9 Å². The summed E-state index contributed by atoms with van der Waals surface area (Å²) in [7, 11) is 0. The topological polar surface area (TPSA) is 21.3 Å². The summed E-state index contributed by atoms with van der Waals surface area (Å²) in [5.74, 6) is -0.271. The van der Waals surface area contributed by atoms with Crippen LogP contribution in [0.25, 0.3) is 0 Å². The number of benzene rings is 1. The maximum absolute atomic E-state index is 14.1. The quantitative estimate of drug-likeness (QED) is 0.874. The molecule has 1 heterocycles. The van der Waals surface area contributed by atoms with Crippen molar-refractivity contribution >= 4 is 11.6 Å². The van der Waals surface area contributed by atoms with Crippen molar-refractivity contribution in [3.8, 4) is 0 Å².